The largest absolute Gasteiger partial charge is 0.416 e. The van der Waals surface area contributed by atoms with E-state index >= 15 is 0 Å². The summed E-state index contributed by atoms with van der Waals surface area (Å²) in [4.78, 5) is 16.9. The van der Waals surface area contributed by atoms with Gasteiger partial charge in [0.25, 0.3) is 5.91 Å². The summed E-state index contributed by atoms with van der Waals surface area (Å²) in [6.45, 7) is 2.03. The molecule has 146 valence electrons. The first-order valence-corrected chi connectivity index (χ1v) is 9.57. The van der Waals surface area contributed by atoms with Crippen molar-refractivity contribution in [1.82, 2.24) is 4.98 Å². The maximum absolute atomic E-state index is 12.6. The number of carbonyl (C=O) groups is 1. The minimum absolute atomic E-state index is 0.156. The second kappa shape index (κ2) is 7.33. The molecule has 0 fully saturated rings. The number of hydrogen-bond donors (Lipinski definition) is 1. The molecule has 3 nitrogen and oxygen atoms in total. The zero-order chi connectivity index (χ0) is 20.6. The van der Waals surface area contributed by atoms with Crippen LogP contribution in [0, 0.1) is 6.92 Å². The van der Waals surface area contributed by atoms with Gasteiger partial charge in [-0.25, -0.2) is 4.98 Å². The summed E-state index contributed by atoms with van der Waals surface area (Å²) in [7, 11) is 0. The number of thiazole rings is 1. The summed E-state index contributed by atoms with van der Waals surface area (Å²) in [5.41, 5.74) is 2.96. The number of rotatable bonds is 3. The lowest BCUT2D eigenvalue weighted by molar-refractivity contribution is -0.137. The highest BCUT2D eigenvalue weighted by Gasteiger charge is 2.30. The van der Waals surface area contributed by atoms with Gasteiger partial charge in [-0.15, -0.1) is 11.3 Å². The molecule has 0 aliphatic carbocycles. The summed E-state index contributed by atoms with van der Waals surface area (Å²) in [5.74, 6) is -0.470. The monoisotopic (exact) mass is 412 g/mol. The second-order valence-corrected chi connectivity index (χ2v) is 7.63. The van der Waals surface area contributed by atoms with Gasteiger partial charge in [0.2, 0.25) is 0 Å². The quantitative estimate of drug-likeness (QED) is 0.415. The molecule has 0 spiro atoms. The topological polar surface area (TPSA) is 42.0 Å². The molecule has 29 heavy (non-hydrogen) atoms. The molecule has 0 radical (unpaired) electrons. The number of anilines is 1. The molecule has 1 heterocycles. The van der Waals surface area contributed by atoms with Gasteiger partial charge in [-0.1, -0.05) is 6.07 Å². The van der Waals surface area contributed by atoms with Crippen molar-refractivity contribution in [2.24, 2.45) is 0 Å². The minimum atomic E-state index is -4.43. The molecule has 0 aliphatic rings. The minimum Gasteiger partial charge on any atom is -0.322 e. The zero-order valence-corrected chi connectivity index (χ0v) is 16.1. The van der Waals surface area contributed by atoms with Crippen LogP contribution in [0.2, 0.25) is 0 Å². The van der Waals surface area contributed by atoms with Crippen LogP contribution in [0.25, 0.3) is 20.8 Å². The maximum Gasteiger partial charge on any atom is 0.416 e. The fourth-order valence-corrected chi connectivity index (χ4v) is 3.93. The third-order valence-electron chi connectivity index (χ3n) is 4.41. The Morgan fingerprint density at radius 1 is 0.966 bits per heavy atom. The number of nitrogens with zero attached hydrogens (tertiary/aromatic N) is 1. The van der Waals surface area contributed by atoms with E-state index in [4.69, 9.17) is 0 Å². The molecule has 0 saturated carbocycles. The van der Waals surface area contributed by atoms with E-state index in [1.807, 2.05) is 31.2 Å². The van der Waals surface area contributed by atoms with Crippen LogP contribution in [0.4, 0.5) is 18.9 Å². The molecule has 3 aromatic carbocycles. The number of aryl methyl sites for hydroxylation is 1. The van der Waals surface area contributed by atoms with Crippen molar-refractivity contribution >= 4 is 33.1 Å². The SMILES string of the molecule is Cc1ccc2nc(-c3ccc(NC(=O)c4ccc(C(F)(F)F)cc4)cc3)sc2c1. The van der Waals surface area contributed by atoms with E-state index in [0.717, 1.165) is 45.1 Å². The molecule has 0 atom stereocenters. The number of fused-ring (bicyclic) bond motifs is 1. The number of amides is 1. The lowest BCUT2D eigenvalue weighted by atomic mass is 10.1. The van der Waals surface area contributed by atoms with Gasteiger partial charge in [0.1, 0.15) is 5.01 Å². The highest BCUT2D eigenvalue weighted by atomic mass is 32.1. The fourth-order valence-electron chi connectivity index (χ4n) is 2.87. The molecule has 0 saturated heterocycles. The molecule has 4 aromatic rings. The van der Waals surface area contributed by atoms with E-state index in [1.54, 1.807) is 23.5 Å². The molecular weight excluding hydrogens is 397 g/mol. The number of halogens is 3. The Labute approximate surface area is 168 Å². The van der Waals surface area contributed by atoms with Gasteiger partial charge >= 0.3 is 6.18 Å². The van der Waals surface area contributed by atoms with Gasteiger partial charge in [0, 0.05) is 16.8 Å². The summed E-state index contributed by atoms with van der Waals surface area (Å²) < 4.78 is 39.0. The Balaban J connectivity index is 1.49. The van der Waals surface area contributed by atoms with Crippen LogP contribution >= 0.6 is 11.3 Å². The van der Waals surface area contributed by atoms with Gasteiger partial charge in [0.05, 0.1) is 15.8 Å². The number of aromatic nitrogens is 1. The van der Waals surface area contributed by atoms with Crippen molar-refractivity contribution in [2.45, 2.75) is 13.1 Å². The van der Waals surface area contributed by atoms with Crippen molar-refractivity contribution in [3.63, 3.8) is 0 Å². The van der Waals surface area contributed by atoms with E-state index in [0.29, 0.717) is 5.69 Å². The molecule has 1 amide bonds. The van der Waals surface area contributed by atoms with Crippen LogP contribution in [0.15, 0.2) is 66.7 Å². The highest BCUT2D eigenvalue weighted by molar-refractivity contribution is 7.21. The van der Waals surface area contributed by atoms with Gasteiger partial charge in [-0.3, -0.25) is 4.79 Å². The van der Waals surface area contributed by atoms with Gasteiger partial charge in [-0.2, -0.15) is 13.2 Å². The number of hydrogen-bond acceptors (Lipinski definition) is 3. The Morgan fingerprint density at radius 3 is 2.31 bits per heavy atom. The van der Waals surface area contributed by atoms with Crippen molar-refractivity contribution in [3.8, 4) is 10.6 Å². The van der Waals surface area contributed by atoms with Crippen LogP contribution in [-0.2, 0) is 6.18 Å². The molecule has 0 unspecified atom stereocenters. The van der Waals surface area contributed by atoms with E-state index in [9.17, 15) is 18.0 Å². The predicted octanol–water partition coefficient (Wildman–Crippen LogP) is 6.54. The molecular formula is C22H15F3N2OS. The summed E-state index contributed by atoms with van der Waals surface area (Å²) in [6, 6.07) is 17.4. The fraction of sp³-hybridized carbons (Fsp3) is 0.0909. The highest BCUT2D eigenvalue weighted by Crippen LogP contribution is 2.32. The third-order valence-corrected chi connectivity index (χ3v) is 5.48. The van der Waals surface area contributed by atoms with Gasteiger partial charge in [0.15, 0.2) is 0 Å². The van der Waals surface area contributed by atoms with Crippen LogP contribution in [-0.4, -0.2) is 10.9 Å². The molecule has 0 aliphatic heterocycles. The van der Waals surface area contributed by atoms with E-state index < -0.39 is 17.6 Å². The molecule has 7 heteroatoms. The van der Waals surface area contributed by atoms with Gasteiger partial charge in [-0.05, 0) is 73.2 Å². The number of carbonyl (C=O) groups excluding carboxylic acids is 1. The van der Waals surface area contributed by atoms with Crippen molar-refractivity contribution in [1.29, 1.82) is 0 Å². The van der Waals surface area contributed by atoms with Crippen LogP contribution in [0.5, 0.6) is 0 Å². The Hall–Kier alpha value is -3.19. The lowest BCUT2D eigenvalue weighted by Crippen LogP contribution is -2.12. The van der Waals surface area contributed by atoms with Crippen molar-refractivity contribution in [2.75, 3.05) is 5.32 Å². The normalized spacial score (nSPS) is 11.6. The predicted molar refractivity (Wildman–Crippen MR) is 109 cm³/mol. The van der Waals surface area contributed by atoms with Crippen LogP contribution in [0.1, 0.15) is 21.5 Å². The first kappa shape index (κ1) is 19.1. The Kier molecular flexibility index (Phi) is 4.84. The Morgan fingerprint density at radius 2 is 1.66 bits per heavy atom. The molecule has 0 bridgehead atoms. The van der Waals surface area contributed by atoms with E-state index in [1.165, 1.54) is 5.56 Å². The number of nitrogens with one attached hydrogen (secondary N) is 1. The molecule has 1 aromatic heterocycles. The molecule has 4 rings (SSSR count). The summed E-state index contributed by atoms with van der Waals surface area (Å²) >= 11 is 1.59. The first-order chi connectivity index (χ1) is 13.8. The third kappa shape index (κ3) is 4.14. The second-order valence-electron chi connectivity index (χ2n) is 6.60. The van der Waals surface area contributed by atoms with Gasteiger partial charge < -0.3 is 5.32 Å². The van der Waals surface area contributed by atoms with Crippen LogP contribution in [0.3, 0.4) is 0 Å². The van der Waals surface area contributed by atoms with E-state index in [-0.39, 0.29) is 5.56 Å². The van der Waals surface area contributed by atoms with Crippen molar-refractivity contribution in [3.05, 3.63) is 83.4 Å². The van der Waals surface area contributed by atoms with Crippen molar-refractivity contribution < 1.29 is 18.0 Å². The average Bonchev–Trinajstić information content (AvgIpc) is 3.11. The summed E-state index contributed by atoms with van der Waals surface area (Å²) in [5, 5.41) is 3.57. The number of alkyl halides is 3. The Bertz CT molecular complexity index is 1180. The van der Waals surface area contributed by atoms with Crippen LogP contribution < -0.4 is 5.32 Å². The molecule has 1 N–H and O–H groups in total. The first-order valence-electron chi connectivity index (χ1n) is 8.76. The lowest BCUT2D eigenvalue weighted by Gasteiger charge is -2.08. The zero-order valence-electron chi connectivity index (χ0n) is 15.2. The van der Waals surface area contributed by atoms with E-state index in [2.05, 4.69) is 16.4 Å². The average molecular weight is 412 g/mol. The summed E-state index contributed by atoms with van der Waals surface area (Å²) in [6.07, 6.45) is -4.43. The standard InChI is InChI=1S/C22H15F3N2OS/c1-13-2-11-18-19(12-13)29-21(27-18)15-5-9-17(10-6-15)26-20(28)14-3-7-16(8-4-14)22(23,24)25/h2-12H,1H3,(H,26,28). The maximum atomic E-state index is 12.6. The number of benzene rings is 3. The smallest absolute Gasteiger partial charge is 0.322 e.